The van der Waals surface area contributed by atoms with Crippen LogP contribution in [-0.4, -0.2) is 23.1 Å². The van der Waals surface area contributed by atoms with E-state index in [4.69, 9.17) is 0 Å². The first kappa shape index (κ1) is 15.9. The lowest BCUT2D eigenvalue weighted by atomic mass is 10.0. The summed E-state index contributed by atoms with van der Waals surface area (Å²) in [6, 6.07) is 8.76. The molecule has 1 aromatic carbocycles. The third-order valence-corrected chi connectivity index (χ3v) is 2.61. The van der Waals surface area contributed by atoms with Crippen molar-refractivity contribution in [3.63, 3.8) is 0 Å². The average Bonchev–Trinajstić information content (AvgIpc) is 2.45. The first-order valence-corrected chi connectivity index (χ1v) is 6.42. The Hall–Kier alpha value is -2.20. The molecule has 0 saturated carbocycles. The summed E-state index contributed by atoms with van der Waals surface area (Å²) in [5, 5.41) is 9.83. The van der Waals surface area contributed by atoms with Gasteiger partial charge in [0.25, 0.3) is 0 Å². The van der Waals surface area contributed by atoms with E-state index in [0.29, 0.717) is 12.0 Å². The van der Waals surface area contributed by atoms with Crippen LogP contribution < -0.4 is 0 Å². The van der Waals surface area contributed by atoms with Crippen molar-refractivity contribution in [3.8, 4) is 0 Å². The maximum atomic E-state index is 12.0. The smallest absolute Gasteiger partial charge is 0.346 e. The molecule has 0 amide bonds. The largest absolute Gasteiger partial charge is 0.389 e. The number of hydrogen-bond acceptors (Lipinski definition) is 4. The summed E-state index contributed by atoms with van der Waals surface area (Å²) in [5.41, 5.74) is 0.756. The Morgan fingerprint density at radius 2 is 2.00 bits per heavy atom. The number of carbonyl (C=O) groups excluding carboxylic acids is 2. The van der Waals surface area contributed by atoms with Crippen LogP contribution in [0.5, 0.6) is 0 Å². The minimum atomic E-state index is -0.818. The number of benzene rings is 1. The van der Waals surface area contributed by atoms with Crippen LogP contribution >= 0.6 is 0 Å². The van der Waals surface area contributed by atoms with Gasteiger partial charge in [0.05, 0.1) is 11.7 Å². The Kier molecular flexibility index (Phi) is 6.40. The lowest BCUT2D eigenvalue weighted by Crippen LogP contribution is -2.14. The van der Waals surface area contributed by atoms with Gasteiger partial charge >= 0.3 is 11.9 Å². The molecule has 0 aliphatic rings. The van der Waals surface area contributed by atoms with Crippen molar-refractivity contribution in [2.24, 2.45) is 0 Å². The van der Waals surface area contributed by atoms with Crippen molar-refractivity contribution in [3.05, 3.63) is 54.6 Å². The van der Waals surface area contributed by atoms with Gasteiger partial charge in [-0.3, -0.25) is 0 Å². The van der Waals surface area contributed by atoms with Crippen molar-refractivity contribution >= 4 is 17.5 Å². The maximum absolute atomic E-state index is 12.0. The topological polar surface area (TPSA) is 63.6 Å². The van der Waals surface area contributed by atoms with Crippen LogP contribution in [0.4, 0.5) is 0 Å². The summed E-state index contributed by atoms with van der Waals surface area (Å²) in [6.45, 7) is 5.17. The van der Waals surface area contributed by atoms with Gasteiger partial charge in [-0.15, -0.1) is 0 Å². The first-order valence-electron chi connectivity index (χ1n) is 6.42. The monoisotopic (exact) mass is 274 g/mol. The van der Waals surface area contributed by atoms with E-state index < -0.39 is 18.0 Å². The fraction of sp³-hybridized carbons (Fsp3) is 0.250. The molecule has 0 aromatic heterocycles. The zero-order chi connectivity index (χ0) is 15.0. The van der Waals surface area contributed by atoms with E-state index in [2.05, 4.69) is 11.3 Å². The van der Waals surface area contributed by atoms with E-state index in [1.165, 1.54) is 6.08 Å². The summed E-state index contributed by atoms with van der Waals surface area (Å²) in [4.78, 5) is 23.1. The molecule has 1 aromatic rings. The molecule has 0 aliphatic carbocycles. The van der Waals surface area contributed by atoms with Gasteiger partial charge in [-0.2, -0.15) is 0 Å². The van der Waals surface area contributed by atoms with E-state index in [9.17, 15) is 14.7 Å². The van der Waals surface area contributed by atoms with Gasteiger partial charge in [0.1, 0.15) is 0 Å². The molecule has 0 aliphatic heterocycles. The Balaban J connectivity index is 3.05. The minimum Gasteiger partial charge on any atom is -0.389 e. The summed E-state index contributed by atoms with van der Waals surface area (Å²) in [6.07, 6.45) is 2.88. The molecule has 20 heavy (non-hydrogen) atoms. The standard InChI is InChI=1S/C16H18O4/c1-3-8-13(17)11-14(12-9-6-5-7-10-12)16(19)20-15(18)4-2/h4-7,9-11,13,17H,2-3,8H2,1H3. The number of rotatable bonds is 6. The highest BCUT2D eigenvalue weighted by molar-refractivity contribution is 6.19. The first-order chi connectivity index (χ1) is 9.58. The molecule has 0 saturated heterocycles. The van der Waals surface area contributed by atoms with Crippen molar-refractivity contribution in [1.29, 1.82) is 0 Å². The van der Waals surface area contributed by atoms with E-state index in [0.717, 1.165) is 12.5 Å². The quantitative estimate of drug-likeness (QED) is 0.492. The highest BCUT2D eigenvalue weighted by Crippen LogP contribution is 2.18. The van der Waals surface area contributed by atoms with E-state index >= 15 is 0 Å². The number of hydrogen-bond donors (Lipinski definition) is 1. The molecule has 106 valence electrons. The summed E-state index contributed by atoms with van der Waals surface area (Å²) < 4.78 is 4.62. The van der Waals surface area contributed by atoms with Gasteiger partial charge in [-0.1, -0.05) is 50.3 Å². The van der Waals surface area contributed by atoms with E-state index in [1.807, 2.05) is 13.0 Å². The van der Waals surface area contributed by atoms with Crippen LogP contribution in [0.2, 0.25) is 0 Å². The van der Waals surface area contributed by atoms with E-state index in [1.54, 1.807) is 24.3 Å². The number of esters is 2. The second-order valence-corrected chi connectivity index (χ2v) is 4.22. The molecule has 0 bridgehead atoms. The number of carbonyl (C=O) groups is 2. The normalized spacial score (nSPS) is 12.6. The van der Waals surface area contributed by atoms with Crippen LogP contribution in [0.1, 0.15) is 25.3 Å². The fourth-order valence-electron chi connectivity index (χ4n) is 1.66. The van der Waals surface area contributed by atoms with Gasteiger partial charge in [0.2, 0.25) is 0 Å². The van der Waals surface area contributed by atoms with Gasteiger partial charge < -0.3 is 9.84 Å². The SMILES string of the molecule is C=CC(=O)OC(=O)C(=CC(O)CCC)c1ccccc1. The van der Waals surface area contributed by atoms with Crippen molar-refractivity contribution < 1.29 is 19.4 Å². The molecule has 0 radical (unpaired) electrons. The number of aliphatic hydroxyl groups is 1. The van der Waals surface area contributed by atoms with Gasteiger partial charge in [0, 0.05) is 6.08 Å². The molecule has 1 unspecified atom stereocenters. The lowest BCUT2D eigenvalue weighted by molar-refractivity contribution is -0.151. The fourth-order valence-corrected chi connectivity index (χ4v) is 1.66. The van der Waals surface area contributed by atoms with Crippen LogP contribution in [0, 0.1) is 0 Å². The average molecular weight is 274 g/mol. The molecule has 0 fully saturated rings. The Morgan fingerprint density at radius 1 is 1.35 bits per heavy atom. The molecule has 0 heterocycles. The predicted molar refractivity (Wildman–Crippen MR) is 76.6 cm³/mol. The van der Waals surface area contributed by atoms with Gasteiger partial charge in [-0.05, 0) is 18.1 Å². The second kappa shape index (κ2) is 8.07. The highest BCUT2D eigenvalue weighted by atomic mass is 16.6. The third kappa shape index (κ3) is 4.82. The second-order valence-electron chi connectivity index (χ2n) is 4.22. The zero-order valence-corrected chi connectivity index (χ0v) is 11.4. The number of aliphatic hydroxyl groups excluding tert-OH is 1. The minimum absolute atomic E-state index is 0.168. The molecule has 0 spiro atoms. The van der Waals surface area contributed by atoms with E-state index in [-0.39, 0.29) is 5.57 Å². The zero-order valence-electron chi connectivity index (χ0n) is 11.4. The molecule has 1 rings (SSSR count). The van der Waals surface area contributed by atoms with Crippen molar-refractivity contribution in [2.75, 3.05) is 0 Å². The summed E-state index contributed by atoms with van der Waals surface area (Å²) in [7, 11) is 0. The van der Waals surface area contributed by atoms with Crippen LogP contribution in [0.15, 0.2) is 49.1 Å². The number of ether oxygens (including phenoxy) is 1. The summed E-state index contributed by atoms with van der Waals surface area (Å²) >= 11 is 0. The Bertz CT molecular complexity index is 502. The van der Waals surface area contributed by atoms with Crippen LogP contribution in [-0.2, 0) is 14.3 Å². The van der Waals surface area contributed by atoms with Crippen LogP contribution in [0.3, 0.4) is 0 Å². The molecule has 4 heteroatoms. The third-order valence-electron chi connectivity index (χ3n) is 2.61. The summed E-state index contributed by atoms with van der Waals surface area (Å²) in [5.74, 6) is -1.61. The lowest BCUT2D eigenvalue weighted by Gasteiger charge is -2.09. The molecular weight excluding hydrogens is 256 g/mol. The van der Waals surface area contributed by atoms with Crippen LogP contribution in [0.25, 0.3) is 5.57 Å². The maximum Gasteiger partial charge on any atom is 0.346 e. The van der Waals surface area contributed by atoms with Crippen molar-refractivity contribution in [2.45, 2.75) is 25.9 Å². The molecule has 1 N–H and O–H groups in total. The Morgan fingerprint density at radius 3 is 2.55 bits per heavy atom. The Labute approximate surface area is 118 Å². The molecule has 1 atom stereocenters. The molecule has 4 nitrogen and oxygen atoms in total. The van der Waals surface area contributed by atoms with Gasteiger partial charge in [0.15, 0.2) is 0 Å². The molecular formula is C16H18O4. The van der Waals surface area contributed by atoms with Crippen molar-refractivity contribution in [1.82, 2.24) is 0 Å². The van der Waals surface area contributed by atoms with Gasteiger partial charge in [-0.25, -0.2) is 9.59 Å². The highest BCUT2D eigenvalue weighted by Gasteiger charge is 2.17. The predicted octanol–water partition coefficient (Wildman–Crippen LogP) is 2.49.